The van der Waals surface area contributed by atoms with Crippen LogP contribution in [0.15, 0.2) is 48.5 Å². The summed E-state index contributed by atoms with van der Waals surface area (Å²) in [6.07, 6.45) is 2.51. The molecular formula is C31H32FNO5. The van der Waals surface area contributed by atoms with Crippen molar-refractivity contribution in [2.75, 3.05) is 20.3 Å². The van der Waals surface area contributed by atoms with Crippen molar-refractivity contribution in [3.63, 3.8) is 0 Å². The minimum Gasteiger partial charge on any atom is -0.496 e. The SMILES string of the molecule is CCOc1ccc(CC(=O)O)cc1-c1ccc(F)c2c1CN(C(=O)C1CCc3cccc(OC)c3C1)CC2. The van der Waals surface area contributed by atoms with Crippen molar-refractivity contribution in [1.82, 2.24) is 4.90 Å². The van der Waals surface area contributed by atoms with Gasteiger partial charge in [0.15, 0.2) is 0 Å². The maximum atomic E-state index is 15.0. The lowest BCUT2D eigenvalue weighted by atomic mass is 9.82. The average Bonchev–Trinajstić information content (AvgIpc) is 2.93. The standard InChI is InChI=1S/C31H32FNO5/c1-3-38-29-12-7-19(16-30(34)35)15-25(29)22-10-11-27(32)23-13-14-33(18-26(22)23)31(36)21-9-8-20-5-4-6-28(37-2)24(20)17-21/h4-7,10-12,15,21H,3,8-9,13-14,16-18H2,1-2H3,(H,34,35). The molecule has 7 heteroatoms. The number of amides is 1. The number of rotatable bonds is 7. The summed E-state index contributed by atoms with van der Waals surface area (Å²) < 4.78 is 26.4. The van der Waals surface area contributed by atoms with E-state index in [2.05, 4.69) is 6.07 Å². The van der Waals surface area contributed by atoms with E-state index in [1.54, 1.807) is 31.4 Å². The molecule has 3 aromatic rings. The minimum absolute atomic E-state index is 0.0760. The molecule has 6 nitrogen and oxygen atoms in total. The Balaban J connectivity index is 1.47. The number of benzene rings is 3. The largest absolute Gasteiger partial charge is 0.496 e. The van der Waals surface area contributed by atoms with Gasteiger partial charge in [-0.15, -0.1) is 0 Å². The molecule has 0 radical (unpaired) electrons. The Bertz CT molecular complexity index is 1370. The Hall–Kier alpha value is -3.87. The third-order valence-electron chi connectivity index (χ3n) is 7.67. The van der Waals surface area contributed by atoms with Crippen LogP contribution in [0.25, 0.3) is 11.1 Å². The van der Waals surface area contributed by atoms with E-state index in [9.17, 15) is 19.1 Å². The average molecular weight is 518 g/mol. The first-order valence-electron chi connectivity index (χ1n) is 13.1. The molecule has 1 heterocycles. The number of carboxylic acids is 1. The second-order valence-electron chi connectivity index (χ2n) is 9.93. The van der Waals surface area contributed by atoms with Crippen molar-refractivity contribution in [2.24, 2.45) is 5.92 Å². The fraction of sp³-hybridized carbons (Fsp3) is 0.355. The predicted octanol–water partition coefficient (Wildman–Crippen LogP) is 5.22. The quantitative estimate of drug-likeness (QED) is 0.465. The van der Waals surface area contributed by atoms with Gasteiger partial charge >= 0.3 is 5.97 Å². The van der Waals surface area contributed by atoms with Gasteiger partial charge in [0.05, 0.1) is 20.1 Å². The third kappa shape index (κ3) is 4.97. The van der Waals surface area contributed by atoms with Crippen LogP contribution < -0.4 is 9.47 Å². The molecule has 1 aliphatic carbocycles. The van der Waals surface area contributed by atoms with Crippen LogP contribution in [0.3, 0.4) is 0 Å². The predicted molar refractivity (Wildman–Crippen MR) is 142 cm³/mol. The number of carbonyl (C=O) groups is 2. The van der Waals surface area contributed by atoms with Gasteiger partial charge in [0.2, 0.25) is 5.91 Å². The monoisotopic (exact) mass is 517 g/mol. The normalized spacial score (nSPS) is 16.4. The van der Waals surface area contributed by atoms with Crippen molar-refractivity contribution >= 4 is 11.9 Å². The summed E-state index contributed by atoms with van der Waals surface area (Å²) in [5, 5.41) is 9.31. The van der Waals surface area contributed by atoms with Gasteiger partial charge in [-0.25, -0.2) is 4.39 Å². The van der Waals surface area contributed by atoms with Crippen LogP contribution in [0.4, 0.5) is 4.39 Å². The molecule has 198 valence electrons. The van der Waals surface area contributed by atoms with Crippen LogP contribution in [0.2, 0.25) is 0 Å². The highest BCUT2D eigenvalue weighted by Gasteiger charge is 2.33. The maximum Gasteiger partial charge on any atom is 0.307 e. The summed E-state index contributed by atoms with van der Waals surface area (Å²) in [6, 6.07) is 14.5. The van der Waals surface area contributed by atoms with Gasteiger partial charge in [0.1, 0.15) is 17.3 Å². The fourth-order valence-corrected chi connectivity index (χ4v) is 5.84. The number of ether oxygens (including phenoxy) is 2. The highest BCUT2D eigenvalue weighted by atomic mass is 19.1. The fourth-order valence-electron chi connectivity index (χ4n) is 5.84. The molecule has 0 spiro atoms. The highest BCUT2D eigenvalue weighted by Crippen LogP contribution is 2.39. The van der Waals surface area contributed by atoms with Crippen LogP contribution in [-0.2, 0) is 41.8 Å². The highest BCUT2D eigenvalue weighted by molar-refractivity contribution is 5.82. The van der Waals surface area contributed by atoms with Crippen molar-refractivity contribution in [3.8, 4) is 22.6 Å². The van der Waals surface area contributed by atoms with Gasteiger partial charge in [-0.1, -0.05) is 24.3 Å². The number of halogens is 1. The van der Waals surface area contributed by atoms with E-state index in [0.29, 0.717) is 55.0 Å². The molecule has 1 amide bonds. The second-order valence-corrected chi connectivity index (χ2v) is 9.93. The molecule has 2 aliphatic rings. The van der Waals surface area contributed by atoms with Crippen LogP contribution >= 0.6 is 0 Å². The Kier molecular flexibility index (Phi) is 7.36. The van der Waals surface area contributed by atoms with E-state index in [-0.39, 0.29) is 24.1 Å². The number of fused-ring (bicyclic) bond motifs is 2. The van der Waals surface area contributed by atoms with Gasteiger partial charge in [-0.2, -0.15) is 0 Å². The zero-order chi connectivity index (χ0) is 26.8. The first-order valence-corrected chi connectivity index (χ1v) is 13.1. The van der Waals surface area contributed by atoms with Crippen LogP contribution in [-0.4, -0.2) is 42.1 Å². The first kappa shape index (κ1) is 25.8. The number of carboxylic acid groups (broad SMARTS) is 1. The van der Waals surface area contributed by atoms with Crippen LogP contribution in [0.1, 0.15) is 41.2 Å². The Morgan fingerprint density at radius 3 is 2.63 bits per heavy atom. The molecule has 1 atom stereocenters. The number of hydrogen-bond acceptors (Lipinski definition) is 4. The topological polar surface area (TPSA) is 76.1 Å². The molecule has 0 bridgehead atoms. The molecule has 1 aliphatic heterocycles. The van der Waals surface area contributed by atoms with E-state index < -0.39 is 5.97 Å². The van der Waals surface area contributed by atoms with Crippen molar-refractivity contribution < 1.29 is 28.6 Å². The van der Waals surface area contributed by atoms with Crippen molar-refractivity contribution in [3.05, 3.63) is 82.2 Å². The Morgan fingerprint density at radius 1 is 1.03 bits per heavy atom. The molecule has 5 rings (SSSR count). The molecule has 3 aromatic carbocycles. The molecule has 0 saturated heterocycles. The number of aryl methyl sites for hydroxylation is 1. The molecule has 0 saturated carbocycles. The van der Waals surface area contributed by atoms with E-state index in [1.807, 2.05) is 24.0 Å². The molecule has 38 heavy (non-hydrogen) atoms. The Morgan fingerprint density at radius 2 is 1.87 bits per heavy atom. The smallest absolute Gasteiger partial charge is 0.307 e. The molecule has 0 fully saturated rings. The maximum absolute atomic E-state index is 15.0. The number of hydrogen-bond donors (Lipinski definition) is 1. The summed E-state index contributed by atoms with van der Waals surface area (Å²) in [4.78, 5) is 27.0. The van der Waals surface area contributed by atoms with E-state index in [4.69, 9.17) is 9.47 Å². The van der Waals surface area contributed by atoms with Gasteiger partial charge in [-0.3, -0.25) is 9.59 Å². The summed E-state index contributed by atoms with van der Waals surface area (Å²) in [6.45, 7) is 3.07. The lowest BCUT2D eigenvalue weighted by Crippen LogP contribution is -2.41. The molecular weight excluding hydrogens is 485 g/mol. The van der Waals surface area contributed by atoms with Gasteiger partial charge in [0.25, 0.3) is 0 Å². The zero-order valence-corrected chi connectivity index (χ0v) is 21.8. The van der Waals surface area contributed by atoms with Crippen molar-refractivity contribution in [1.29, 1.82) is 0 Å². The lowest BCUT2D eigenvalue weighted by Gasteiger charge is -2.35. The lowest BCUT2D eigenvalue weighted by molar-refractivity contribution is -0.137. The third-order valence-corrected chi connectivity index (χ3v) is 7.67. The van der Waals surface area contributed by atoms with Crippen LogP contribution in [0.5, 0.6) is 11.5 Å². The van der Waals surface area contributed by atoms with Gasteiger partial charge in [0, 0.05) is 24.6 Å². The number of aliphatic carboxylic acids is 1. The number of carbonyl (C=O) groups excluding carboxylic acids is 1. The summed E-state index contributed by atoms with van der Waals surface area (Å²) >= 11 is 0. The zero-order valence-electron chi connectivity index (χ0n) is 21.8. The van der Waals surface area contributed by atoms with Crippen molar-refractivity contribution in [2.45, 2.75) is 45.6 Å². The second kappa shape index (κ2) is 10.9. The Labute approximate surface area is 222 Å². The summed E-state index contributed by atoms with van der Waals surface area (Å²) in [5.74, 6) is 0.130. The first-order chi connectivity index (χ1) is 18.4. The number of nitrogens with zero attached hydrogens (tertiary/aromatic N) is 1. The van der Waals surface area contributed by atoms with Gasteiger partial charge in [-0.05, 0) is 90.3 Å². The minimum atomic E-state index is -0.927. The van der Waals surface area contributed by atoms with E-state index in [1.165, 1.54) is 11.6 Å². The van der Waals surface area contributed by atoms with E-state index in [0.717, 1.165) is 35.3 Å². The number of methoxy groups -OCH3 is 1. The summed E-state index contributed by atoms with van der Waals surface area (Å²) in [7, 11) is 1.65. The molecule has 1 N–H and O–H groups in total. The summed E-state index contributed by atoms with van der Waals surface area (Å²) in [5.41, 5.74) is 5.80. The molecule has 0 aromatic heterocycles. The van der Waals surface area contributed by atoms with E-state index >= 15 is 0 Å². The molecule has 1 unspecified atom stereocenters. The van der Waals surface area contributed by atoms with Gasteiger partial charge < -0.3 is 19.5 Å². The van der Waals surface area contributed by atoms with Crippen LogP contribution in [0, 0.1) is 11.7 Å².